The van der Waals surface area contributed by atoms with Gasteiger partial charge in [-0.25, -0.2) is 0 Å². The summed E-state index contributed by atoms with van der Waals surface area (Å²) in [4.78, 5) is 2.98. The Labute approximate surface area is 199 Å². The first-order chi connectivity index (χ1) is 11.4. The molecule has 0 fully saturated rings. The van der Waals surface area contributed by atoms with E-state index in [9.17, 15) is 0 Å². The summed E-state index contributed by atoms with van der Waals surface area (Å²) < 4.78 is 3.28. The number of hydrogen-bond donors (Lipinski definition) is 3. The molecule has 150 valence electrons. The second kappa shape index (κ2) is 18.0. The first-order valence-electron chi connectivity index (χ1n) is 6.70. The lowest BCUT2D eigenvalue weighted by Gasteiger charge is -1.87. The van der Waals surface area contributed by atoms with E-state index in [0.717, 1.165) is 28.1 Å². The number of hydrogen-bond acceptors (Lipinski definition) is 3. The maximum Gasteiger partial charge on any atom is 0.0176 e. The Morgan fingerprint density at radius 3 is 0.630 bits per heavy atom. The van der Waals surface area contributed by atoms with Gasteiger partial charge in [0.25, 0.3) is 0 Å². The van der Waals surface area contributed by atoms with Crippen LogP contribution in [-0.2, 0) is 0 Å². The van der Waals surface area contributed by atoms with Gasteiger partial charge in [0.2, 0.25) is 0 Å². The van der Waals surface area contributed by atoms with Crippen molar-refractivity contribution >= 4 is 85.7 Å². The van der Waals surface area contributed by atoms with Crippen LogP contribution in [0.2, 0.25) is 0 Å². The molecule has 0 saturated carbocycles. The molecular weight excluding hydrogens is 609 g/mol. The fraction of sp³-hybridized carbons (Fsp3) is 0. The molecule has 0 saturated heterocycles. The normalized spacial score (nSPS) is 8.22. The molecule has 0 unspecified atom stereocenters. The van der Waals surface area contributed by atoms with E-state index in [1.54, 1.807) is 0 Å². The lowest BCUT2D eigenvalue weighted by molar-refractivity contribution is 1.11. The van der Waals surface area contributed by atoms with Gasteiger partial charge in [-0.15, -0.1) is 37.9 Å². The van der Waals surface area contributed by atoms with Crippen molar-refractivity contribution in [3.05, 3.63) is 86.2 Å². The average molecular weight is 627 g/mol. The third-order valence-electron chi connectivity index (χ3n) is 2.48. The van der Waals surface area contributed by atoms with Crippen LogP contribution in [0.15, 0.2) is 101 Å². The summed E-state index contributed by atoms with van der Waals surface area (Å²) in [7, 11) is 0. The Balaban J connectivity index is -0.000000303. The zero-order valence-corrected chi connectivity index (χ0v) is 21.1. The van der Waals surface area contributed by atoms with Crippen molar-refractivity contribution in [1.29, 1.82) is 0 Å². The minimum Gasteiger partial charge on any atom is -0.269 e. The quantitative estimate of drug-likeness (QED) is 0.204. The van der Waals surface area contributed by atoms with Crippen LogP contribution in [-0.4, -0.2) is 0 Å². The summed E-state index contributed by atoms with van der Waals surface area (Å²) in [6, 6.07) is 23.4. The highest BCUT2D eigenvalue weighted by molar-refractivity contribution is 9.11. The van der Waals surface area contributed by atoms with Gasteiger partial charge in [-0.05, 0) is 72.8 Å². The summed E-state index contributed by atoms with van der Waals surface area (Å²) >= 11 is 22.3. The predicted molar refractivity (Wildman–Crippen MR) is 132 cm³/mol. The third kappa shape index (κ3) is 16.6. The minimum absolute atomic E-state index is 0. The first-order valence-corrected chi connectivity index (χ1v) is 10.4. The van der Waals surface area contributed by atoms with Gasteiger partial charge in [0.1, 0.15) is 0 Å². The molecule has 27 heavy (non-hydrogen) atoms. The molecule has 0 radical (unpaired) electrons. The molecule has 0 atom stereocenters. The fourth-order valence-electron chi connectivity index (χ4n) is 1.32. The van der Waals surface area contributed by atoms with Crippen LogP contribution >= 0.6 is 85.7 Å². The van der Waals surface area contributed by atoms with Crippen molar-refractivity contribution in [3.8, 4) is 0 Å². The maximum absolute atomic E-state index is 4.11. The fourth-order valence-corrected chi connectivity index (χ4v) is 2.56. The molecule has 3 aromatic rings. The van der Waals surface area contributed by atoms with Crippen molar-refractivity contribution in [3.63, 3.8) is 0 Å². The second-order valence-electron chi connectivity index (χ2n) is 4.43. The summed E-state index contributed by atoms with van der Waals surface area (Å²) in [5, 5.41) is 0. The second-order valence-corrected chi connectivity index (χ2v) is 8.73. The Morgan fingerprint density at radius 1 is 0.370 bits per heavy atom. The standard InChI is InChI=1S/3C6H5BrS.3FH/c3*7-5-1-3-6(8)4-2-5;;;/h3*1-4,8H;3*1H. The predicted octanol–water partition coefficient (Wildman–Crippen LogP) is 8.67. The Kier molecular flexibility index (Phi) is 21.1. The molecule has 0 N–H and O–H groups in total. The van der Waals surface area contributed by atoms with E-state index < -0.39 is 0 Å². The van der Waals surface area contributed by atoms with E-state index in [2.05, 4.69) is 85.7 Å². The van der Waals surface area contributed by atoms with E-state index in [1.807, 2.05) is 72.8 Å². The highest BCUT2D eigenvalue weighted by atomic mass is 79.9. The van der Waals surface area contributed by atoms with E-state index in [1.165, 1.54) is 0 Å². The Bertz CT molecular complexity index is 559. The molecule has 0 heterocycles. The van der Waals surface area contributed by atoms with Gasteiger partial charge < -0.3 is 0 Å². The minimum atomic E-state index is 0. The van der Waals surface area contributed by atoms with E-state index in [0.29, 0.717) is 0 Å². The monoisotopic (exact) mass is 624 g/mol. The Hall–Kier alpha value is -0.0600. The van der Waals surface area contributed by atoms with Gasteiger partial charge in [-0.3, -0.25) is 14.1 Å². The first kappa shape index (κ1) is 31.6. The van der Waals surface area contributed by atoms with Crippen molar-refractivity contribution in [1.82, 2.24) is 0 Å². The molecule has 0 aliphatic rings. The maximum atomic E-state index is 4.11. The highest BCUT2D eigenvalue weighted by Crippen LogP contribution is 2.13. The summed E-state index contributed by atoms with van der Waals surface area (Å²) in [5.41, 5.74) is 0. The van der Waals surface area contributed by atoms with Crippen LogP contribution in [0.3, 0.4) is 0 Å². The molecule has 3 rings (SSSR count). The zero-order valence-electron chi connectivity index (χ0n) is 13.6. The topological polar surface area (TPSA) is 0 Å². The summed E-state index contributed by atoms with van der Waals surface area (Å²) in [5.74, 6) is 0. The molecular formula is C18H18Br3F3S3. The molecule has 0 bridgehead atoms. The SMILES string of the molecule is F.F.F.Sc1ccc(Br)cc1.Sc1ccc(Br)cc1.Sc1ccc(Br)cc1. The summed E-state index contributed by atoms with van der Waals surface area (Å²) in [6.07, 6.45) is 0. The molecule has 0 aliphatic carbocycles. The van der Waals surface area contributed by atoms with Gasteiger partial charge in [0.15, 0.2) is 0 Å². The lowest BCUT2D eigenvalue weighted by Crippen LogP contribution is -1.62. The average Bonchev–Trinajstić information content (AvgIpc) is 2.57. The van der Waals surface area contributed by atoms with Crippen LogP contribution in [0, 0.1) is 0 Å². The molecule has 0 spiro atoms. The van der Waals surface area contributed by atoms with E-state index in [4.69, 9.17) is 0 Å². The third-order valence-corrected chi connectivity index (χ3v) is 4.96. The highest BCUT2D eigenvalue weighted by Gasteiger charge is 1.83. The molecule has 0 aliphatic heterocycles. The smallest absolute Gasteiger partial charge is 0.0176 e. The molecule has 9 heteroatoms. The summed E-state index contributed by atoms with van der Waals surface area (Å²) in [6.45, 7) is 0. The molecule has 3 aromatic carbocycles. The molecule has 0 amide bonds. The lowest BCUT2D eigenvalue weighted by atomic mass is 10.4. The van der Waals surface area contributed by atoms with Crippen LogP contribution < -0.4 is 0 Å². The van der Waals surface area contributed by atoms with Crippen molar-refractivity contribution in [2.75, 3.05) is 0 Å². The van der Waals surface area contributed by atoms with Crippen LogP contribution in [0.4, 0.5) is 14.1 Å². The number of thiol groups is 3. The van der Waals surface area contributed by atoms with Gasteiger partial charge >= 0.3 is 0 Å². The van der Waals surface area contributed by atoms with Crippen LogP contribution in [0.5, 0.6) is 0 Å². The van der Waals surface area contributed by atoms with Crippen molar-refractivity contribution in [2.45, 2.75) is 14.7 Å². The van der Waals surface area contributed by atoms with Gasteiger partial charge in [0, 0.05) is 28.1 Å². The zero-order chi connectivity index (χ0) is 17.9. The number of halogens is 6. The van der Waals surface area contributed by atoms with Crippen LogP contribution in [0.25, 0.3) is 0 Å². The number of benzene rings is 3. The van der Waals surface area contributed by atoms with E-state index in [-0.39, 0.29) is 14.1 Å². The van der Waals surface area contributed by atoms with Crippen molar-refractivity contribution in [2.24, 2.45) is 0 Å². The van der Waals surface area contributed by atoms with E-state index >= 15 is 0 Å². The Morgan fingerprint density at radius 2 is 0.519 bits per heavy atom. The number of rotatable bonds is 0. The molecule has 0 aromatic heterocycles. The molecule has 0 nitrogen and oxygen atoms in total. The van der Waals surface area contributed by atoms with Gasteiger partial charge in [0.05, 0.1) is 0 Å². The van der Waals surface area contributed by atoms with Gasteiger partial charge in [-0.1, -0.05) is 47.8 Å². The van der Waals surface area contributed by atoms with Crippen molar-refractivity contribution < 1.29 is 14.1 Å². The van der Waals surface area contributed by atoms with Gasteiger partial charge in [-0.2, -0.15) is 0 Å². The van der Waals surface area contributed by atoms with Crippen LogP contribution in [0.1, 0.15) is 0 Å². The largest absolute Gasteiger partial charge is 0.269 e.